The summed E-state index contributed by atoms with van der Waals surface area (Å²) in [6.07, 6.45) is 1.47. The molecule has 0 radical (unpaired) electrons. The van der Waals surface area contributed by atoms with Crippen molar-refractivity contribution in [3.8, 4) is 6.07 Å². The van der Waals surface area contributed by atoms with E-state index in [0.717, 1.165) is 0 Å². The molecule has 0 saturated heterocycles. The second-order valence-corrected chi connectivity index (χ2v) is 5.92. The standard InChI is InChI=1S/C19H18N2O4S/c1-4-9-25-19(23)15-11(2)21-17(26)14(10-20)16(15)12-5-7-13(8-6-12)18(22)24-3/h4-8,16,21,26H,1,9H2,2-3H3. The second-order valence-electron chi connectivity index (χ2n) is 5.47. The first-order valence-corrected chi connectivity index (χ1v) is 8.16. The van der Waals surface area contributed by atoms with Crippen LogP contribution in [-0.2, 0) is 14.3 Å². The van der Waals surface area contributed by atoms with E-state index in [0.29, 0.717) is 27.4 Å². The van der Waals surface area contributed by atoms with Gasteiger partial charge in [0, 0.05) is 5.70 Å². The molecule has 0 amide bonds. The Kier molecular flexibility index (Phi) is 6.26. The number of hydrogen-bond acceptors (Lipinski definition) is 7. The molecular weight excluding hydrogens is 352 g/mol. The highest BCUT2D eigenvalue weighted by atomic mass is 32.1. The smallest absolute Gasteiger partial charge is 0.337 e. The first kappa shape index (κ1) is 19.3. The van der Waals surface area contributed by atoms with Crippen LogP contribution < -0.4 is 5.32 Å². The Hall–Kier alpha value is -2.98. The van der Waals surface area contributed by atoms with Gasteiger partial charge in [-0.05, 0) is 24.6 Å². The van der Waals surface area contributed by atoms with Crippen molar-refractivity contribution in [3.05, 3.63) is 69.9 Å². The second kappa shape index (κ2) is 8.41. The van der Waals surface area contributed by atoms with Crippen LogP contribution in [0.5, 0.6) is 0 Å². The monoisotopic (exact) mass is 370 g/mol. The summed E-state index contributed by atoms with van der Waals surface area (Å²) in [5, 5.41) is 12.9. The number of esters is 2. The Morgan fingerprint density at radius 2 is 2.00 bits per heavy atom. The van der Waals surface area contributed by atoms with Crippen molar-refractivity contribution in [2.75, 3.05) is 13.7 Å². The fourth-order valence-corrected chi connectivity index (χ4v) is 3.02. The minimum atomic E-state index is -0.655. The summed E-state index contributed by atoms with van der Waals surface area (Å²) >= 11 is 4.32. The molecule has 0 aliphatic carbocycles. The topological polar surface area (TPSA) is 88.4 Å². The Balaban J connectivity index is 2.52. The molecule has 1 aromatic carbocycles. The van der Waals surface area contributed by atoms with Crippen LogP contribution in [-0.4, -0.2) is 25.7 Å². The van der Waals surface area contributed by atoms with Gasteiger partial charge in [-0.1, -0.05) is 24.8 Å². The van der Waals surface area contributed by atoms with Crippen molar-refractivity contribution < 1.29 is 19.1 Å². The molecule has 1 heterocycles. The van der Waals surface area contributed by atoms with Crippen LogP contribution in [0, 0.1) is 11.3 Å². The molecule has 0 spiro atoms. The lowest BCUT2D eigenvalue weighted by atomic mass is 9.82. The molecule has 0 saturated carbocycles. The van der Waals surface area contributed by atoms with Gasteiger partial charge in [0.05, 0.1) is 40.8 Å². The van der Waals surface area contributed by atoms with Crippen molar-refractivity contribution in [1.82, 2.24) is 5.32 Å². The predicted molar refractivity (Wildman–Crippen MR) is 99.1 cm³/mol. The summed E-state index contributed by atoms with van der Waals surface area (Å²) in [6, 6.07) is 8.61. The third-order valence-electron chi connectivity index (χ3n) is 3.88. The zero-order valence-corrected chi connectivity index (χ0v) is 15.3. The number of nitriles is 1. The van der Waals surface area contributed by atoms with Crippen LogP contribution in [0.4, 0.5) is 0 Å². The predicted octanol–water partition coefficient (Wildman–Crippen LogP) is 2.83. The Labute approximate surface area is 157 Å². The first-order chi connectivity index (χ1) is 12.4. The van der Waals surface area contributed by atoms with Crippen LogP contribution in [0.15, 0.2) is 58.8 Å². The van der Waals surface area contributed by atoms with Crippen molar-refractivity contribution in [2.45, 2.75) is 12.8 Å². The Morgan fingerprint density at radius 1 is 1.35 bits per heavy atom. The van der Waals surface area contributed by atoms with E-state index >= 15 is 0 Å². The lowest BCUT2D eigenvalue weighted by molar-refractivity contribution is -0.138. The van der Waals surface area contributed by atoms with Gasteiger partial charge in [-0.3, -0.25) is 0 Å². The zero-order valence-electron chi connectivity index (χ0n) is 14.4. The summed E-state index contributed by atoms with van der Waals surface area (Å²) in [5.74, 6) is -1.67. The third kappa shape index (κ3) is 3.81. The summed E-state index contributed by atoms with van der Waals surface area (Å²) < 4.78 is 9.86. The Morgan fingerprint density at radius 3 is 2.54 bits per heavy atom. The van der Waals surface area contributed by atoms with Gasteiger partial charge in [0.2, 0.25) is 0 Å². The van der Waals surface area contributed by atoms with Crippen LogP contribution in [0.25, 0.3) is 0 Å². The molecule has 1 unspecified atom stereocenters. The van der Waals surface area contributed by atoms with E-state index in [9.17, 15) is 14.9 Å². The maximum Gasteiger partial charge on any atom is 0.337 e. The highest BCUT2D eigenvalue weighted by Gasteiger charge is 2.34. The molecule has 0 bridgehead atoms. The van der Waals surface area contributed by atoms with Gasteiger partial charge in [-0.15, -0.1) is 12.6 Å². The fourth-order valence-electron chi connectivity index (χ4n) is 2.67. The number of benzene rings is 1. The number of rotatable bonds is 5. The fraction of sp³-hybridized carbons (Fsp3) is 0.211. The SMILES string of the molecule is C=CCOC(=O)C1=C(C)NC(S)=C(C#N)C1c1ccc(C(=O)OC)cc1. The number of hydrogen-bond donors (Lipinski definition) is 2. The van der Waals surface area contributed by atoms with Crippen LogP contribution in [0.3, 0.4) is 0 Å². The average molecular weight is 370 g/mol. The molecule has 7 heteroatoms. The van der Waals surface area contributed by atoms with Crippen molar-refractivity contribution in [3.63, 3.8) is 0 Å². The van der Waals surface area contributed by atoms with Gasteiger partial charge in [0.25, 0.3) is 0 Å². The highest BCUT2D eigenvalue weighted by molar-refractivity contribution is 7.84. The van der Waals surface area contributed by atoms with E-state index in [1.54, 1.807) is 31.2 Å². The average Bonchev–Trinajstić information content (AvgIpc) is 2.65. The molecular formula is C19H18N2O4S. The van der Waals surface area contributed by atoms with Crippen LogP contribution in [0.2, 0.25) is 0 Å². The number of carbonyl (C=O) groups is 2. The molecule has 134 valence electrons. The van der Waals surface area contributed by atoms with E-state index in [-0.39, 0.29) is 12.2 Å². The van der Waals surface area contributed by atoms with Gasteiger partial charge >= 0.3 is 11.9 Å². The summed E-state index contributed by atoms with van der Waals surface area (Å²) in [6.45, 7) is 5.30. The number of nitrogens with one attached hydrogen (secondary N) is 1. The van der Waals surface area contributed by atoms with E-state index in [1.807, 2.05) is 0 Å². The molecule has 1 N–H and O–H groups in total. The molecule has 26 heavy (non-hydrogen) atoms. The molecule has 2 rings (SSSR count). The van der Waals surface area contributed by atoms with Gasteiger partial charge in [-0.2, -0.15) is 5.26 Å². The molecule has 1 aliphatic heterocycles. The largest absolute Gasteiger partial charge is 0.465 e. The first-order valence-electron chi connectivity index (χ1n) is 7.71. The van der Waals surface area contributed by atoms with E-state index in [1.165, 1.54) is 13.2 Å². The molecule has 0 aromatic heterocycles. The van der Waals surface area contributed by atoms with Crippen molar-refractivity contribution in [1.29, 1.82) is 5.26 Å². The maximum absolute atomic E-state index is 12.5. The van der Waals surface area contributed by atoms with Gasteiger partial charge in [0.1, 0.15) is 6.61 Å². The number of methoxy groups -OCH3 is 1. The van der Waals surface area contributed by atoms with Crippen molar-refractivity contribution in [2.24, 2.45) is 0 Å². The molecule has 6 nitrogen and oxygen atoms in total. The van der Waals surface area contributed by atoms with Gasteiger partial charge < -0.3 is 14.8 Å². The van der Waals surface area contributed by atoms with Crippen LogP contribution in [0.1, 0.15) is 28.8 Å². The van der Waals surface area contributed by atoms with Gasteiger partial charge in [0.15, 0.2) is 0 Å². The number of carbonyl (C=O) groups excluding carboxylic acids is 2. The van der Waals surface area contributed by atoms with E-state index in [4.69, 9.17) is 4.74 Å². The van der Waals surface area contributed by atoms with Gasteiger partial charge in [-0.25, -0.2) is 9.59 Å². The zero-order chi connectivity index (χ0) is 19.3. The quantitative estimate of drug-likeness (QED) is 0.471. The minimum absolute atomic E-state index is 0.0585. The number of thiol groups is 1. The van der Waals surface area contributed by atoms with Crippen LogP contribution >= 0.6 is 12.6 Å². The van der Waals surface area contributed by atoms with E-state index in [2.05, 4.69) is 35.3 Å². The van der Waals surface area contributed by atoms with E-state index < -0.39 is 17.9 Å². The number of ether oxygens (including phenoxy) is 2. The lowest BCUT2D eigenvalue weighted by Crippen LogP contribution is -2.28. The Bertz CT molecular complexity index is 847. The number of dihydropyridines is 1. The maximum atomic E-state index is 12.5. The summed E-state index contributed by atoms with van der Waals surface area (Å²) in [5.41, 5.74) is 2.18. The molecule has 0 fully saturated rings. The van der Waals surface area contributed by atoms with Crippen molar-refractivity contribution >= 4 is 24.6 Å². The minimum Gasteiger partial charge on any atom is -0.465 e. The molecule has 1 aliphatic rings. The highest BCUT2D eigenvalue weighted by Crippen LogP contribution is 2.39. The number of allylic oxidation sites excluding steroid dienone is 2. The normalized spacial score (nSPS) is 16.5. The summed E-state index contributed by atoms with van der Waals surface area (Å²) in [7, 11) is 1.30. The number of nitrogens with zero attached hydrogens (tertiary/aromatic N) is 1. The third-order valence-corrected chi connectivity index (χ3v) is 4.23. The summed E-state index contributed by atoms with van der Waals surface area (Å²) in [4.78, 5) is 24.2. The molecule has 1 atom stereocenters. The molecule has 1 aromatic rings. The lowest BCUT2D eigenvalue weighted by Gasteiger charge is -2.28.